The van der Waals surface area contributed by atoms with Gasteiger partial charge in [-0.2, -0.15) is 0 Å². The van der Waals surface area contributed by atoms with Gasteiger partial charge < -0.3 is 14.2 Å². The molecule has 2 aromatic rings. The van der Waals surface area contributed by atoms with Crippen molar-refractivity contribution in [2.75, 3.05) is 0 Å². The van der Waals surface area contributed by atoms with E-state index in [0.717, 1.165) is 18.6 Å². The third-order valence-electron chi connectivity index (χ3n) is 4.92. The SMILES string of the molecule is C=CC[C@H]1CC(C)=C[C@H](CC=C)N1C(=O)c1cc(COc2ccc(F)c(F)c2)on1. The van der Waals surface area contributed by atoms with E-state index >= 15 is 0 Å². The maximum Gasteiger partial charge on any atom is 0.276 e. The third kappa shape index (κ3) is 4.84. The van der Waals surface area contributed by atoms with Gasteiger partial charge in [-0.3, -0.25) is 4.79 Å². The Morgan fingerprint density at radius 1 is 1.27 bits per heavy atom. The van der Waals surface area contributed by atoms with E-state index in [-0.39, 0.29) is 36.0 Å². The van der Waals surface area contributed by atoms with Crippen molar-refractivity contribution in [3.63, 3.8) is 0 Å². The van der Waals surface area contributed by atoms with Gasteiger partial charge in [0, 0.05) is 18.2 Å². The Hall–Kier alpha value is -3.22. The van der Waals surface area contributed by atoms with E-state index in [2.05, 4.69) is 31.3 Å². The van der Waals surface area contributed by atoms with Crippen LogP contribution in [0.4, 0.5) is 8.78 Å². The lowest BCUT2D eigenvalue weighted by molar-refractivity contribution is 0.0590. The van der Waals surface area contributed by atoms with Gasteiger partial charge in [-0.15, -0.1) is 13.2 Å². The van der Waals surface area contributed by atoms with Gasteiger partial charge in [0.25, 0.3) is 5.91 Å². The van der Waals surface area contributed by atoms with Gasteiger partial charge in [0.2, 0.25) is 0 Å². The first kappa shape index (κ1) is 21.5. The number of hydrogen-bond acceptors (Lipinski definition) is 4. The van der Waals surface area contributed by atoms with Crippen LogP contribution >= 0.6 is 0 Å². The van der Waals surface area contributed by atoms with Crippen molar-refractivity contribution in [2.24, 2.45) is 0 Å². The van der Waals surface area contributed by atoms with E-state index in [1.807, 2.05) is 0 Å². The molecule has 7 heteroatoms. The van der Waals surface area contributed by atoms with Crippen molar-refractivity contribution < 1.29 is 22.8 Å². The van der Waals surface area contributed by atoms with Crippen LogP contribution in [-0.2, 0) is 6.61 Å². The summed E-state index contributed by atoms with van der Waals surface area (Å²) >= 11 is 0. The molecule has 1 aromatic heterocycles. The summed E-state index contributed by atoms with van der Waals surface area (Å²) < 4.78 is 36.9. The van der Waals surface area contributed by atoms with Gasteiger partial charge in [-0.25, -0.2) is 8.78 Å². The van der Waals surface area contributed by atoms with Crippen LogP contribution in [0.25, 0.3) is 0 Å². The first-order valence-corrected chi connectivity index (χ1v) is 9.68. The molecule has 0 bridgehead atoms. The molecule has 1 aliphatic rings. The molecule has 0 N–H and O–H groups in total. The van der Waals surface area contributed by atoms with E-state index in [4.69, 9.17) is 9.26 Å². The normalized spacial score (nSPS) is 18.6. The second kappa shape index (κ2) is 9.52. The summed E-state index contributed by atoms with van der Waals surface area (Å²) in [5.41, 5.74) is 1.38. The number of aromatic nitrogens is 1. The topological polar surface area (TPSA) is 55.6 Å². The number of carbonyl (C=O) groups excluding carboxylic acids is 1. The fourth-order valence-corrected chi connectivity index (χ4v) is 3.61. The fourth-order valence-electron chi connectivity index (χ4n) is 3.61. The maximum absolute atomic E-state index is 13.3. The van der Waals surface area contributed by atoms with Gasteiger partial charge in [0.05, 0.1) is 6.04 Å². The average molecular weight is 414 g/mol. The molecule has 0 aliphatic carbocycles. The fraction of sp³-hybridized carbons (Fsp3) is 0.304. The molecular weight excluding hydrogens is 390 g/mol. The third-order valence-corrected chi connectivity index (χ3v) is 4.92. The van der Waals surface area contributed by atoms with Crippen molar-refractivity contribution in [2.45, 2.75) is 44.9 Å². The second-order valence-corrected chi connectivity index (χ2v) is 7.24. The Morgan fingerprint density at radius 3 is 2.73 bits per heavy atom. The first-order valence-electron chi connectivity index (χ1n) is 9.68. The minimum absolute atomic E-state index is 0.0245. The number of rotatable bonds is 8. The van der Waals surface area contributed by atoms with Crippen molar-refractivity contribution in [3.05, 3.63) is 84.3 Å². The molecule has 2 heterocycles. The zero-order valence-electron chi connectivity index (χ0n) is 16.8. The van der Waals surface area contributed by atoms with Crippen LogP contribution < -0.4 is 4.74 Å². The zero-order valence-corrected chi connectivity index (χ0v) is 16.8. The summed E-state index contributed by atoms with van der Waals surface area (Å²) in [6, 6.07) is 4.59. The highest BCUT2D eigenvalue weighted by Crippen LogP contribution is 2.28. The Kier molecular flexibility index (Phi) is 6.82. The Bertz CT molecular complexity index is 967. The first-order chi connectivity index (χ1) is 14.4. The molecule has 5 nitrogen and oxygen atoms in total. The predicted molar refractivity (Wildman–Crippen MR) is 109 cm³/mol. The molecule has 1 aliphatic heterocycles. The smallest absolute Gasteiger partial charge is 0.276 e. The molecule has 0 unspecified atom stereocenters. The summed E-state index contributed by atoms with van der Waals surface area (Å²) in [5, 5.41) is 3.89. The molecule has 0 radical (unpaired) electrons. The molecule has 2 atom stereocenters. The molecule has 30 heavy (non-hydrogen) atoms. The number of benzene rings is 1. The maximum atomic E-state index is 13.3. The molecular formula is C23H24F2N2O3. The lowest BCUT2D eigenvalue weighted by Crippen LogP contribution is -2.48. The molecule has 1 amide bonds. The van der Waals surface area contributed by atoms with Crippen LogP contribution in [0.2, 0.25) is 0 Å². The largest absolute Gasteiger partial charge is 0.485 e. The van der Waals surface area contributed by atoms with E-state index in [1.54, 1.807) is 17.1 Å². The van der Waals surface area contributed by atoms with Gasteiger partial charge in [-0.05, 0) is 38.3 Å². The quantitative estimate of drug-likeness (QED) is 0.556. The minimum Gasteiger partial charge on any atom is -0.485 e. The number of carbonyl (C=O) groups is 1. The van der Waals surface area contributed by atoms with E-state index < -0.39 is 11.6 Å². The van der Waals surface area contributed by atoms with Gasteiger partial charge in [-0.1, -0.05) is 29.0 Å². The highest BCUT2D eigenvalue weighted by molar-refractivity contribution is 5.93. The molecule has 0 spiro atoms. The molecule has 0 fully saturated rings. The van der Waals surface area contributed by atoms with E-state index in [9.17, 15) is 13.6 Å². The van der Waals surface area contributed by atoms with Gasteiger partial charge in [0.1, 0.15) is 12.4 Å². The summed E-state index contributed by atoms with van der Waals surface area (Å²) in [4.78, 5) is 15.0. The van der Waals surface area contributed by atoms with Crippen LogP contribution in [0, 0.1) is 11.6 Å². The van der Waals surface area contributed by atoms with Gasteiger partial charge >= 0.3 is 0 Å². The second-order valence-electron chi connectivity index (χ2n) is 7.24. The monoisotopic (exact) mass is 414 g/mol. The van der Waals surface area contributed by atoms with Crippen LogP contribution in [0.1, 0.15) is 42.4 Å². The van der Waals surface area contributed by atoms with Crippen LogP contribution in [0.5, 0.6) is 5.75 Å². The summed E-state index contributed by atoms with van der Waals surface area (Å²) in [6.45, 7) is 9.59. The highest BCUT2D eigenvalue weighted by Gasteiger charge is 2.34. The summed E-state index contributed by atoms with van der Waals surface area (Å²) in [7, 11) is 0. The Balaban J connectivity index is 1.75. The molecule has 158 valence electrons. The lowest BCUT2D eigenvalue weighted by atomic mass is 9.92. The van der Waals surface area contributed by atoms with Crippen LogP contribution in [-0.4, -0.2) is 28.0 Å². The minimum atomic E-state index is -1.00. The number of ether oxygens (including phenoxy) is 1. The molecule has 1 aromatic carbocycles. The molecule has 0 saturated carbocycles. The van der Waals surface area contributed by atoms with E-state index in [1.165, 1.54) is 17.7 Å². The summed E-state index contributed by atoms with van der Waals surface area (Å²) in [6.07, 6.45) is 7.71. The Morgan fingerprint density at radius 2 is 2.03 bits per heavy atom. The van der Waals surface area contributed by atoms with Crippen LogP contribution in [0.3, 0.4) is 0 Å². The standard InChI is InChI=1S/C23H24F2N2O3/c1-4-6-16-10-15(3)11-17(7-5-2)27(16)23(28)22-13-19(30-26-22)14-29-18-8-9-20(24)21(25)12-18/h4-5,8-10,12-13,16-17H,1-2,6-7,11,14H2,3H3/t16-,17-/m0/s1. The van der Waals surface area contributed by atoms with Gasteiger partial charge in [0.15, 0.2) is 23.1 Å². The highest BCUT2D eigenvalue weighted by atomic mass is 19.2. The van der Waals surface area contributed by atoms with Crippen LogP contribution in [0.15, 0.2) is 65.7 Å². The number of nitrogens with zero attached hydrogens (tertiary/aromatic N) is 2. The number of halogens is 2. The van der Waals surface area contributed by atoms with E-state index in [0.29, 0.717) is 18.6 Å². The zero-order chi connectivity index (χ0) is 21.7. The van der Waals surface area contributed by atoms with Crippen molar-refractivity contribution in [3.8, 4) is 5.75 Å². The Labute approximate surface area is 174 Å². The predicted octanol–water partition coefficient (Wildman–Crippen LogP) is 5.21. The van der Waals surface area contributed by atoms with Crippen molar-refractivity contribution >= 4 is 5.91 Å². The molecule has 3 rings (SSSR count). The average Bonchev–Trinajstić information content (AvgIpc) is 3.18. The molecule has 0 saturated heterocycles. The lowest BCUT2D eigenvalue weighted by Gasteiger charge is -2.40. The number of amides is 1. The van der Waals surface area contributed by atoms with Crippen molar-refractivity contribution in [1.82, 2.24) is 10.1 Å². The van der Waals surface area contributed by atoms with Crippen molar-refractivity contribution in [1.29, 1.82) is 0 Å². The number of hydrogen-bond donors (Lipinski definition) is 0. The summed E-state index contributed by atoms with van der Waals surface area (Å²) in [5.74, 6) is -1.76.